The van der Waals surface area contributed by atoms with Crippen LogP contribution in [0.25, 0.3) is 0 Å². The van der Waals surface area contributed by atoms with Crippen LogP contribution >= 0.6 is 11.6 Å². The second-order valence-corrected chi connectivity index (χ2v) is 14.3. The maximum absolute atomic E-state index is 9.94. The van der Waals surface area contributed by atoms with Gasteiger partial charge in [0.25, 0.3) is 0 Å². The molecule has 0 fully saturated rings. The van der Waals surface area contributed by atoms with Crippen LogP contribution in [-0.4, -0.2) is 90.6 Å². The van der Waals surface area contributed by atoms with Gasteiger partial charge in [0, 0.05) is 87.1 Å². The molecule has 308 valence electrons. The van der Waals surface area contributed by atoms with Crippen molar-refractivity contribution in [2.75, 3.05) is 55.6 Å². The fourth-order valence-corrected chi connectivity index (χ4v) is 6.63. The van der Waals surface area contributed by atoms with Gasteiger partial charge in [-0.05, 0) is 54.3 Å². The quantitative estimate of drug-likeness (QED) is 0.137. The molecule has 17 heteroatoms. The maximum atomic E-state index is 9.94. The van der Waals surface area contributed by atoms with E-state index < -0.39 is 0 Å². The van der Waals surface area contributed by atoms with E-state index >= 15 is 0 Å². The van der Waals surface area contributed by atoms with Crippen LogP contribution < -0.4 is 30.3 Å². The fourth-order valence-electron chi connectivity index (χ4n) is 6.41. The first-order valence-corrected chi connectivity index (χ1v) is 19.5. The van der Waals surface area contributed by atoms with E-state index in [9.17, 15) is 5.11 Å². The lowest BCUT2D eigenvalue weighted by atomic mass is 10.0. The summed E-state index contributed by atoms with van der Waals surface area (Å²) >= 11 is 6.12. The molecule has 8 rings (SSSR count). The molecule has 2 atom stereocenters. The molecule has 0 saturated heterocycles. The number of rotatable bonds is 10. The van der Waals surface area contributed by atoms with Crippen LogP contribution in [0.1, 0.15) is 56.9 Å². The van der Waals surface area contributed by atoms with Gasteiger partial charge in [0.05, 0.1) is 50.9 Å². The Bertz CT molecular complexity index is 2230. The van der Waals surface area contributed by atoms with Crippen LogP contribution in [0.4, 0.5) is 17.5 Å². The van der Waals surface area contributed by atoms with E-state index in [1.54, 1.807) is 51.1 Å². The van der Waals surface area contributed by atoms with E-state index in [1.807, 2.05) is 44.4 Å². The lowest BCUT2D eigenvalue weighted by Crippen LogP contribution is -2.33. The number of nitrogens with one attached hydrogen (secondary N) is 1. The topological polar surface area (TPSA) is 207 Å². The van der Waals surface area contributed by atoms with E-state index in [2.05, 4.69) is 67.1 Å². The second kappa shape index (κ2) is 20.6. The van der Waals surface area contributed by atoms with Crippen LogP contribution in [0.2, 0.25) is 5.15 Å². The van der Waals surface area contributed by atoms with Crippen LogP contribution in [0.5, 0.6) is 11.8 Å². The Labute approximate surface area is 348 Å². The summed E-state index contributed by atoms with van der Waals surface area (Å²) in [5.74, 6) is 3.72. The summed E-state index contributed by atoms with van der Waals surface area (Å²) in [6.45, 7) is 7.05. The standard InChI is InChI=1S/C21H24N6O2.C13H13ClN4.C8H12N2O2/c1-14-3-5-19(22-9-14)27-8-7-17-16(11-27)21(25-13-24-17)26-18(12-28)15-4-6-20(29-2)23-10-15;1-9-2-3-12(15-6-9)18-5-4-11-10(7-18)13(14)17-8-16-11;1-12-8-3-2-6(4-10-8)7(9)5-11/h3-6,9-10,13,18,28H,7-8,11-12H2,1-2H3,(H,24,25,26);2-3,6,8H,4-5,7H2,1H3;2-4,7,11H,5,9H2,1H3/t18-;;7-/m1.1/s1. The van der Waals surface area contributed by atoms with Crippen molar-refractivity contribution in [3.8, 4) is 11.8 Å². The highest BCUT2D eigenvalue weighted by Crippen LogP contribution is 2.29. The number of pyridine rings is 4. The molecule has 0 radical (unpaired) electrons. The predicted octanol–water partition coefficient (Wildman–Crippen LogP) is 4.77. The summed E-state index contributed by atoms with van der Waals surface area (Å²) < 4.78 is 9.98. The van der Waals surface area contributed by atoms with Crippen LogP contribution in [0.15, 0.2) is 86.0 Å². The molecule has 2 aliphatic heterocycles. The summed E-state index contributed by atoms with van der Waals surface area (Å²) in [6.07, 6.45) is 11.9. The highest BCUT2D eigenvalue weighted by atomic mass is 35.5. The minimum atomic E-state index is -0.358. The number of aliphatic hydroxyl groups is 2. The SMILES string of the molecule is COc1ccc([C@@H](CO)Nc2ncnc3c2CN(c2ccc(C)cn2)CC3)cn1.COc1ccc([C@H](N)CO)cn1.Cc1ccc(N2CCc3ncnc(Cl)c3C2)nc1. The molecule has 0 aliphatic carbocycles. The molecule has 0 aromatic carbocycles. The Kier molecular flexibility index (Phi) is 14.8. The van der Waals surface area contributed by atoms with Crippen molar-refractivity contribution in [1.29, 1.82) is 0 Å². The minimum Gasteiger partial charge on any atom is -0.481 e. The smallest absolute Gasteiger partial charge is 0.212 e. The number of aryl methyl sites for hydroxylation is 2. The van der Waals surface area contributed by atoms with Gasteiger partial charge in [-0.2, -0.15) is 0 Å². The molecule has 2 aliphatic rings. The van der Waals surface area contributed by atoms with E-state index in [0.717, 1.165) is 94.7 Å². The highest BCUT2D eigenvalue weighted by molar-refractivity contribution is 6.30. The number of nitrogens with two attached hydrogens (primary N) is 1. The van der Waals surface area contributed by atoms with Crippen LogP contribution in [0.3, 0.4) is 0 Å². The number of aliphatic hydroxyl groups excluding tert-OH is 2. The Balaban J connectivity index is 0.000000165. The summed E-state index contributed by atoms with van der Waals surface area (Å²) in [6, 6.07) is 14.7. The van der Waals surface area contributed by atoms with E-state index in [0.29, 0.717) is 23.5 Å². The lowest BCUT2D eigenvalue weighted by Gasteiger charge is -2.31. The average molecular weight is 821 g/mol. The summed E-state index contributed by atoms with van der Waals surface area (Å²) in [7, 11) is 3.12. The van der Waals surface area contributed by atoms with Gasteiger partial charge in [-0.25, -0.2) is 39.9 Å². The Hall–Kier alpha value is -6.07. The first-order chi connectivity index (χ1) is 28.7. The number of anilines is 3. The number of hydrogen-bond donors (Lipinski definition) is 4. The summed E-state index contributed by atoms with van der Waals surface area (Å²) in [4.78, 5) is 38.8. The van der Waals surface area contributed by atoms with Crippen LogP contribution in [0, 0.1) is 13.8 Å². The molecule has 6 aromatic heterocycles. The van der Waals surface area contributed by atoms with Crippen molar-refractivity contribution in [3.05, 3.63) is 136 Å². The third kappa shape index (κ3) is 11.1. The lowest BCUT2D eigenvalue weighted by molar-refractivity contribution is 0.267. The molecule has 0 unspecified atom stereocenters. The number of hydrogen-bond acceptors (Lipinski definition) is 16. The number of fused-ring (bicyclic) bond motifs is 2. The van der Waals surface area contributed by atoms with Gasteiger partial charge in [-0.1, -0.05) is 29.8 Å². The number of aromatic nitrogens is 8. The molecule has 0 saturated carbocycles. The normalized spacial score (nSPS) is 14.0. The predicted molar refractivity (Wildman–Crippen MR) is 226 cm³/mol. The van der Waals surface area contributed by atoms with Gasteiger partial charge in [-0.15, -0.1) is 0 Å². The fraction of sp³-hybridized carbons (Fsp3) is 0.333. The first kappa shape index (κ1) is 42.5. The van der Waals surface area contributed by atoms with Gasteiger partial charge >= 0.3 is 0 Å². The molecule has 6 aromatic rings. The summed E-state index contributed by atoms with van der Waals surface area (Å²) in [5, 5.41) is 22.6. The molecule has 16 nitrogen and oxygen atoms in total. The number of ether oxygens (including phenoxy) is 2. The third-order valence-corrected chi connectivity index (χ3v) is 10.2. The van der Waals surface area contributed by atoms with Crippen molar-refractivity contribution in [3.63, 3.8) is 0 Å². The van der Waals surface area contributed by atoms with E-state index in [4.69, 9.17) is 31.9 Å². The van der Waals surface area contributed by atoms with Crippen molar-refractivity contribution >= 4 is 29.1 Å². The average Bonchev–Trinajstić information content (AvgIpc) is 3.29. The van der Waals surface area contributed by atoms with Gasteiger partial charge in [0.15, 0.2) is 0 Å². The number of nitrogens with zero attached hydrogens (tertiary/aromatic N) is 10. The summed E-state index contributed by atoms with van der Waals surface area (Å²) in [5.41, 5.74) is 13.6. The molecular weight excluding hydrogens is 772 g/mol. The molecule has 8 heterocycles. The van der Waals surface area contributed by atoms with Gasteiger partial charge in [0.2, 0.25) is 11.8 Å². The molecular formula is C42H49ClN12O4. The maximum Gasteiger partial charge on any atom is 0.212 e. The van der Waals surface area contributed by atoms with Gasteiger partial charge < -0.3 is 40.5 Å². The minimum absolute atomic E-state index is 0.0754. The largest absolute Gasteiger partial charge is 0.481 e. The molecule has 0 spiro atoms. The van der Waals surface area contributed by atoms with Crippen molar-refractivity contribution in [2.45, 2.75) is 51.9 Å². The zero-order valence-corrected chi connectivity index (χ0v) is 34.3. The van der Waals surface area contributed by atoms with Gasteiger partial charge in [-0.3, -0.25) is 0 Å². The Morgan fingerprint density at radius 1 is 0.661 bits per heavy atom. The molecule has 0 amide bonds. The van der Waals surface area contributed by atoms with E-state index in [1.165, 1.54) is 6.33 Å². The first-order valence-electron chi connectivity index (χ1n) is 19.1. The van der Waals surface area contributed by atoms with Gasteiger partial charge in [0.1, 0.15) is 35.3 Å². The second-order valence-electron chi connectivity index (χ2n) is 13.9. The Morgan fingerprint density at radius 2 is 1.20 bits per heavy atom. The van der Waals surface area contributed by atoms with Crippen molar-refractivity contribution < 1.29 is 19.7 Å². The van der Waals surface area contributed by atoms with E-state index in [-0.39, 0.29) is 25.3 Å². The number of methoxy groups -OCH3 is 2. The van der Waals surface area contributed by atoms with Crippen molar-refractivity contribution in [2.24, 2.45) is 5.73 Å². The molecule has 59 heavy (non-hydrogen) atoms. The third-order valence-electron chi connectivity index (χ3n) is 9.85. The van der Waals surface area contributed by atoms with Crippen LogP contribution in [-0.2, 0) is 25.9 Å². The Morgan fingerprint density at radius 3 is 1.69 bits per heavy atom. The zero-order valence-electron chi connectivity index (χ0n) is 33.5. The highest BCUT2D eigenvalue weighted by Gasteiger charge is 2.24. The zero-order chi connectivity index (χ0) is 41.7. The molecule has 5 N–H and O–H groups in total. The number of halogens is 1. The monoisotopic (exact) mass is 820 g/mol. The molecule has 0 bridgehead atoms. The van der Waals surface area contributed by atoms with Crippen molar-refractivity contribution in [1.82, 2.24) is 39.9 Å².